The summed E-state index contributed by atoms with van der Waals surface area (Å²) >= 11 is 5.95. The zero-order valence-electron chi connectivity index (χ0n) is 22.8. The summed E-state index contributed by atoms with van der Waals surface area (Å²) in [5, 5.41) is 9.86. The first-order chi connectivity index (χ1) is 20.4. The lowest BCUT2D eigenvalue weighted by molar-refractivity contribution is -0.0592. The molecule has 0 spiro atoms. The number of carboxylic acid groups (broad SMARTS) is 1. The molecule has 1 N–H and O–H groups in total. The number of fused-ring (bicyclic) bond motifs is 2. The minimum Gasteiger partial charge on any atom is -0.485 e. The quantitative estimate of drug-likeness (QED) is 0.315. The number of hydrogen-bond acceptors (Lipinski definition) is 7. The number of anilines is 1. The van der Waals surface area contributed by atoms with Crippen LogP contribution in [-0.2, 0) is 17.8 Å². The van der Waals surface area contributed by atoms with Gasteiger partial charge in [-0.2, -0.15) is 0 Å². The van der Waals surface area contributed by atoms with Crippen LogP contribution in [0.3, 0.4) is 0 Å². The molecule has 11 heteroatoms. The molecule has 3 aliphatic rings. The van der Waals surface area contributed by atoms with Gasteiger partial charge in [0.2, 0.25) is 0 Å². The summed E-state index contributed by atoms with van der Waals surface area (Å²) in [6.07, 6.45) is 0.518. The highest BCUT2D eigenvalue weighted by Gasteiger charge is 2.30. The van der Waals surface area contributed by atoms with Crippen LogP contribution in [0.2, 0.25) is 5.02 Å². The third-order valence-corrected chi connectivity index (χ3v) is 8.48. The molecule has 0 bridgehead atoms. The number of benzene rings is 3. The lowest BCUT2D eigenvalue weighted by Gasteiger charge is -2.38. The van der Waals surface area contributed by atoms with Crippen LogP contribution in [0.25, 0.3) is 11.0 Å². The molecule has 2 atom stereocenters. The highest BCUT2D eigenvalue weighted by Crippen LogP contribution is 2.44. The number of hydrogen-bond donors (Lipinski definition) is 1. The van der Waals surface area contributed by atoms with Crippen LogP contribution in [0.15, 0.2) is 54.6 Å². The van der Waals surface area contributed by atoms with Crippen molar-refractivity contribution < 1.29 is 28.5 Å². The Bertz CT molecular complexity index is 1650. The highest BCUT2D eigenvalue weighted by molar-refractivity contribution is 6.30. The van der Waals surface area contributed by atoms with Gasteiger partial charge in [0.25, 0.3) is 0 Å². The Labute approximate surface area is 247 Å². The zero-order valence-corrected chi connectivity index (χ0v) is 23.6. The van der Waals surface area contributed by atoms with E-state index in [1.54, 1.807) is 30.3 Å². The van der Waals surface area contributed by atoms with Crippen LogP contribution in [0.5, 0.6) is 11.5 Å². The largest absolute Gasteiger partial charge is 0.485 e. The summed E-state index contributed by atoms with van der Waals surface area (Å²) in [7, 11) is 0. The number of imidazole rings is 1. The number of carbonyl (C=O) groups is 1. The molecule has 0 aliphatic carbocycles. The van der Waals surface area contributed by atoms with Gasteiger partial charge < -0.3 is 28.8 Å². The molecule has 42 heavy (non-hydrogen) atoms. The molecule has 9 nitrogen and oxygen atoms in total. The molecule has 4 aromatic rings. The average Bonchev–Trinajstić information content (AvgIpc) is 3.30. The van der Waals surface area contributed by atoms with Gasteiger partial charge in [-0.1, -0.05) is 23.7 Å². The normalized spacial score (nSPS) is 20.5. The number of rotatable bonds is 7. The molecule has 0 saturated carbocycles. The first kappa shape index (κ1) is 27.0. The van der Waals surface area contributed by atoms with Crippen molar-refractivity contribution >= 4 is 34.3 Å². The van der Waals surface area contributed by atoms with E-state index in [0.29, 0.717) is 35.2 Å². The molecule has 218 valence electrons. The molecule has 3 aromatic carbocycles. The Morgan fingerprint density at radius 3 is 2.67 bits per heavy atom. The summed E-state index contributed by atoms with van der Waals surface area (Å²) in [6.45, 7) is 5.36. The van der Waals surface area contributed by atoms with Crippen LogP contribution < -0.4 is 14.4 Å². The molecule has 4 heterocycles. The number of carboxylic acids is 1. The number of halogens is 2. The molecular formula is C31H30ClFN4O5. The third kappa shape index (κ3) is 5.14. The molecule has 2 saturated heterocycles. The van der Waals surface area contributed by atoms with E-state index < -0.39 is 17.9 Å². The van der Waals surface area contributed by atoms with Gasteiger partial charge in [-0.15, -0.1) is 0 Å². The first-order valence-electron chi connectivity index (χ1n) is 14.1. The van der Waals surface area contributed by atoms with E-state index in [0.717, 1.165) is 61.8 Å². The fraction of sp³-hybridized carbons (Fsp3) is 0.355. The van der Waals surface area contributed by atoms with Crippen LogP contribution in [0.4, 0.5) is 10.1 Å². The molecule has 2 fully saturated rings. The van der Waals surface area contributed by atoms with Crippen LogP contribution in [0.1, 0.15) is 34.3 Å². The van der Waals surface area contributed by atoms with Gasteiger partial charge in [0.15, 0.2) is 17.6 Å². The molecular weight excluding hydrogens is 563 g/mol. The molecule has 3 aliphatic heterocycles. The number of ether oxygens (including phenoxy) is 3. The number of aromatic nitrogens is 2. The van der Waals surface area contributed by atoms with Crippen LogP contribution in [-0.4, -0.2) is 71.0 Å². The fourth-order valence-corrected chi connectivity index (χ4v) is 6.01. The van der Waals surface area contributed by atoms with E-state index in [1.807, 2.05) is 18.2 Å². The number of aromatic carboxylic acids is 1. The number of para-hydroxylation sites is 1. The minimum atomic E-state index is -0.954. The van der Waals surface area contributed by atoms with E-state index in [2.05, 4.69) is 14.4 Å². The SMILES string of the molecule is O=C(O)c1ccc2nc(CN3CCN(c4cccc5c4O[C@H](c4ccc(Cl)cc4F)CO5)CC3)n(C[C@@H]3CCO3)c2c1. The second-order valence-corrected chi connectivity index (χ2v) is 11.3. The second-order valence-electron chi connectivity index (χ2n) is 10.9. The standard InChI is InChI=1S/C31H30ClFN4O5/c32-20-5-6-22(23(33)15-20)28-18-41-27-3-1-2-25(30(27)42-28)36-11-9-35(10-12-36)17-29-34-24-7-4-19(31(38)39)14-26(24)37(29)16-21-8-13-40-21/h1-7,14-15,21,28H,8-13,16-18H2,(H,38,39)/t21-,28-/m0/s1. The lowest BCUT2D eigenvalue weighted by Crippen LogP contribution is -2.46. The smallest absolute Gasteiger partial charge is 0.335 e. The minimum absolute atomic E-state index is 0.114. The van der Waals surface area contributed by atoms with Gasteiger partial charge in [-0.3, -0.25) is 4.90 Å². The monoisotopic (exact) mass is 592 g/mol. The van der Waals surface area contributed by atoms with Crippen molar-refractivity contribution in [2.45, 2.75) is 31.7 Å². The Hall–Kier alpha value is -3.86. The maximum absolute atomic E-state index is 14.7. The molecule has 1 aromatic heterocycles. The Balaban J connectivity index is 1.07. The summed E-state index contributed by atoms with van der Waals surface area (Å²) in [4.78, 5) is 21.1. The van der Waals surface area contributed by atoms with Gasteiger partial charge in [-0.25, -0.2) is 14.2 Å². The van der Waals surface area contributed by atoms with Crippen molar-refractivity contribution in [1.29, 1.82) is 0 Å². The van der Waals surface area contributed by atoms with Crippen LogP contribution in [0, 0.1) is 5.82 Å². The predicted molar refractivity (Wildman–Crippen MR) is 155 cm³/mol. The fourth-order valence-electron chi connectivity index (χ4n) is 5.85. The lowest BCUT2D eigenvalue weighted by atomic mass is 10.1. The molecule has 0 amide bonds. The molecule has 0 unspecified atom stereocenters. The summed E-state index contributed by atoms with van der Waals surface area (Å²) in [5.41, 5.74) is 3.18. The van der Waals surface area contributed by atoms with Gasteiger partial charge in [0.05, 0.1) is 41.5 Å². The van der Waals surface area contributed by atoms with Crippen LogP contribution >= 0.6 is 11.6 Å². The molecule has 7 rings (SSSR count). The van der Waals surface area contributed by atoms with E-state index in [1.165, 1.54) is 6.07 Å². The van der Waals surface area contributed by atoms with Crippen molar-refractivity contribution in [2.24, 2.45) is 0 Å². The van der Waals surface area contributed by atoms with Crippen molar-refractivity contribution in [3.8, 4) is 11.5 Å². The maximum Gasteiger partial charge on any atom is 0.335 e. The van der Waals surface area contributed by atoms with Crippen molar-refractivity contribution in [1.82, 2.24) is 14.5 Å². The summed E-state index contributed by atoms with van der Waals surface area (Å²) < 4.78 is 34.8. The summed E-state index contributed by atoms with van der Waals surface area (Å²) in [6, 6.07) is 15.5. The highest BCUT2D eigenvalue weighted by atomic mass is 35.5. The van der Waals surface area contributed by atoms with Gasteiger partial charge in [0, 0.05) is 43.4 Å². The van der Waals surface area contributed by atoms with Gasteiger partial charge >= 0.3 is 5.97 Å². The topological polar surface area (TPSA) is 89.3 Å². The zero-order chi connectivity index (χ0) is 28.8. The van der Waals surface area contributed by atoms with E-state index >= 15 is 0 Å². The summed E-state index contributed by atoms with van der Waals surface area (Å²) in [5.74, 6) is 0.795. The van der Waals surface area contributed by atoms with Gasteiger partial charge in [-0.05, 0) is 48.9 Å². The second kappa shape index (κ2) is 11.1. The Kier molecular flexibility index (Phi) is 7.13. The van der Waals surface area contributed by atoms with Gasteiger partial charge in [0.1, 0.15) is 18.2 Å². The number of nitrogens with zero attached hydrogens (tertiary/aromatic N) is 4. The van der Waals surface area contributed by atoms with E-state index in [9.17, 15) is 14.3 Å². The number of piperazine rings is 1. The first-order valence-corrected chi connectivity index (χ1v) is 14.5. The predicted octanol–water partition coefficient (Wildman–Crippen LogP) is 5.15. The van der Waals surface area contributed by atoms with Crippen molar-refractivity contribution in [3.63, 3.8) is 0 Å². The Morgan fingerprint density at radius 2 is 1.93 bits per heavy atom. The molecule has 0 radical (unpaired) electrons. The Morgan fingerprint density at radius 1 is 1.10 bits per heavy atom. The maximum atomic E-state index is 14.7. The van der Waals surface area contributed by atoms with E-state index in [-0.39, 0.29) is 18.3 Å². The van der Waals surface area contributed by atoms with Crippen molar-refractivity contribution in [2.75, 3.05) is 44.3 Å². The average molecular weight is 593 g/mol. The van der Waals surface area contributed by atoms with Crippen molar-refractivity contribution in [3.05, 3.63) is 82.4 Å². The van der Waals surface area contributed by atoms with E-state index in [4.69, 9.17) is 30.8 Å². The third-order valence-electron chi connectivity index (χ3n) is 8.25.